The first kappa shape index (κ1) is 14.5. The van der Waals surface area contributed by atoms with Gasteiger partial charge in [0.25, 0.3) is 5.91 Å². The molecule has 0 aromatic heterocycles. The molecule has 1 aliphatic heterocycles. The van der Waals surface area contributed by atoms with Gasteiger partial charge in [-0.25, -0.2) is 0 Å². The third kappa shape index (κ3) is 3.57. The lowest BCUT2D eigenvalue weighted by Crippen LogP contribution is -2.36. The van der Waals surface area contributed by atoms with Gasteiger partial charge in [-0.2, -0.15) is 0 Å². The minimum atomic E-state index is -0.0491. The number of carbonyl (C=O) groups is 2. The van der Waals surface area contributed by atoms with Crippen LogP contribution in [0.2, 0.25) is 5.02 Å². The minimum absolute atomic E-state index is 0.0303. The first-order valence-corrected chi connectivity index (χ1v) is 7.41. The van der Waals surface area contributed by atoms with Crippen molar-refractivity contribution in [2.45, 2.75) is 32.2 Å². The van der Waals surface area contributed by atoms with Gasteiger partial charge in [0.15, 0.2) is 0 Å². The van der Waals surface area contributed by atoms with E-state index in [0.717, 1.165) is 17.3 Å². The van der Waals surface area contributed by atoms with Crippen molar-refractivity contribution >= 4 is 39.2 Å². The molecule has 2 rings (SSSR count). The van der Waals surface area contributed by atoms with E-state index in [1.807, 2.05) is 0 Å². The molecule has 1 heterocycles. The van der Waals surface area contributed by atoms with Crippen molar-refractivity contribution in [2.24, 2.45) is 0 Å². The van der Waals surface area contributed by atoms with Crippen LogP contribution in [0.25, 0.3) is 0 Å². The maximum Gasteiger partial charge on any atom is 0.254 e. The van der Waals surface area contributed by atoms with E-state index in [1.165, 1.54) is 0 Å². The quantitative estimate of drug-likeness (QED) is 0.838. The molecule has 0 radical (unpaired) electrons. The molecule has 102 valence electrons. The van der Waals surface area contributed by atoms with Gasteiger partial charge in [-0.1, -0.05) is 27.5 Å². The van der Waals surface area contributed by atoms with Gasteiger partial charge in [0.2, 0.25) is 0 Å². The van der Waals surface area contributed by atoms with E-state index in [1.54, 1.807) is 30.0 Å². The van der Waals surface area contributed by atoms with Crippen LogP contribution in [-0.4, -0.2) is 29.2 Å². The van der Waals surface area contributed by atoms with E-state index < -0.39 is 0 Å². The van der Waals surface area contributed by atoms with Gasteiger partial charge in [-0.3, -0.25) is 9.59 Å². The predicted octanol–water partition coefficient (Wildman–Crippen LogP) is 3.69. The second kappa shape index (κ2) is 6.06. The first-order valence-electron chi connectivity index (χ1n) is 6.24. The fourth-order valence-electron chi connectivity index (χ4n) is 2.49. The van der Waals surface area contributed by atoms with Gasteiger partial charge in [0.05, 0.1) is 0 Å². The average Bonchev–Trinajstić information content (AvgIpc) is 2.73. The van der Waals surface area contributed by atoms with E-state index in [-0.39, 0.29) is 17.7 Å². The second-order valence-corrected chi connectivity index (χ2v) is 6.21. The van der Waals surface area contributed by atoms with Crippen LogP contribution >= 0.6 is 27.5 Å². The Morgan fingerprint density at radius 3 is 2.79 bits per heavy atom. The van der Waals surface area contributed by atoms with E-state index in [0.29, 0.717) is 23.6 Å². The zero-order chi connectivity index (χ0) is 14.0. The van der Waals surface area contributed by atoms with Crippen molar-refractivity contribution in [1.82, 2.24) is 4.90 Å². The summed E-state index contributed by atoms with van der Waals surface area (Å²) in [5.41, 5.74) is 0.565. The maximum absolute atomic E-state index is 12.5. The molecule has 1 fully saturated rings. The van der Waals surface area contributed by atoms with E-state index >= 15 is 0 Å². The Kier molecular flexibility index (Phi) is 4.63. The molecule has 1 aromatic rings. The maximum atomic E-state index is 12.5. The van der Waals surface area contributed by atoms with Crippen LogP contribution in [-0.2, 0) is 4.79 Å². The van der Waals surface area contributed by atoms with Crippen molar-refractivity contribution in [2.75, 3.05) is 6.54 Å². The summed E-state index contributed by atoms with van der Waals surface area (Å²) >= 11 is 9.30. The number of amides is 1. The number of hydrogen-bond acceptors (Lipinski definition) is 2. The Morgan fingerprint density at radius 2 is 2.16 bits per heavy atom. The summed E-state index contributed by atoms with van der Waals surface area (Å²) in [7, 11) is 0. The molecule has 1 unspecified atom stereocenters. The molecular formula is C14H15BrClNO2. The van der Waals surface area contributed by atoms with Gasteiger partial charge in [0, 0.05) is 34.1 Å². The third-order valence-electron chi connectivity index (χ3n) is 3.27. The molecule has 1 amide bonds. The third-order valence-corrected chi connectivity index (χ3v) is 3.95. The summed E-state index contributed by atoms with van der Waals surface area (Å²) in [4.78, 5) is 25.5. The summed E-state index contributed by atoms with van der Waals surface area (Å²) in [6.45, 7) is 2.28. The summed E-state index contributed by atoms with van der Waals surface area (Å²) in [5, 5.41) is 0.528. The largest absolute Gasteiger partial charge is 0.335 e. The van der Waals surface area contributed by atoms with E-state index in [2.05, 4.69) is 15.9 Å². The standard InChI is InChI=1S/C14H15BrClNO2/c1-9(18)5-13-3-2-4-17(13)14(19)10-6-11(15)8-12(16)7-10/h6-8,13H,2-5H2,1H3. The van der Waals surface area contributed by atoms with Gasteiger partial charge >= 0.3 is 0 Å². The summed E-state index contributed by atoms with van der Waals surface area (Å²) in [6, 6.07) is 5.20. The Bertz CT molecular complexity index is 498. The Labute approximate surface area is 126 Å². The number of benzene rings is 1. The molecule has 1 aliphatic rings. The molecule has 0 N–H and O–H groups in total. The number of Topliss-reactive ketones (excluding diaryl/α,β-unsaturated/α-hetero) is 1. The van der Waals surface area contributed by atoms with E-state index in [9.17, 15) is 9.59 Å². The Hall–Kier alpha value is -0.870. The molecule has 19 heavy (non-hydrogen) atoms. The van der Waals surface area contributed by atoms with Crippen molar-refractivity contribution in [1.29, 1.82) is 0 Å². The van der Waals surface area contributed by atoms with Gasteiger partial charge < -0.3 is 4.90 Å². The van der Waals surface area contributed by atoms with Crippen LogP contribution in [0.3, 0.4) is 0 Å². The van der Waals surface area contributed by atoms with Gasteiger partial charge in [0.1, 0.15) is 5.78 Å². The molecule has 0 saturated carbocycles. The van der Waals surface area contributed by atoms with Crippen LogP contribution in [0, 0.1) is 0 Å². The molecule has 3 nitrogen and oxygen atoms in total. The Balaban J connectivity index is 2.20. The highest BCUT2D eigenvalue weighted by molar-refractivity contribution is 9.10. The normalized spacial score (nSPS) is 18.7. The number of ketones is 1. The lowest BCUT2D eigenvalue weighted by atomic mass is 10.1. The second-order valence-electron chi connectivity index (χ2n) is 4.86. The molecule has 1 atom stereocenters. The Morgan fingerprint density at radius 1 is 1.42 bits per heavy atom. The molecule has 0 aliphatic carbocycles. The highest BCUT2D eigenvalue weighted by Gasteiger charge is 2.30. The minimum Gasteiger partial charge on any atom is -0.335 e. The highest BCUT2D eigenvalue weighted by Crippen LogP contribution is 2.25. The molecule has 5 heteroatoms. The fraction of sp³-hybridized carbons (Fsp3) is 0.429. The summed E-state index contributed by atoms with van der Waals surface area (Å²) in [6.07, 6.45) is 2.28. The summed E-state index contributed by atoms with van der Waals surface area (Å²) < 4.78 is 0.783. The highest BCUT2D eigenvalue weighted by atomic mass is 79.9. The molecule has 1 saturated heterocycles. The monoisotopic (exact) mass is 343 g/mol. The number of carbonyl (C=O) groups excluding carboxylic acids is 2. The number of rotatable bonds is 3. The zero-order valence-corrected chi connectivity index (χ0v) is 13.0. The van der Waals surface area contributed by atoms with Crippen molar-refractivity contribution in [3.05, 3.63) is 33.3 Å². The van der Waals surface area contributed by atoms with Crippen LogP contribution in [0.1, 0.15) is 36.5 Å². The zero-order valence-electron chi connectivity index (χ0n) is 10.7. The fourth-order valence-corrected chi connectivity index (χ4v) is 3.35. The molecule has 1 aromatic carbocycles. The van der Waals surface area contributed by atoms with Crippen molar-refractivity contribution in [3.8, 4) is 0 Å². The summed E-state index contributed by atoms with van der Waals surface area (Å²) in [5.74, 6) is 0.0731. The van der Waals surface area contributed by atoms with Gasteiger partial charge in [-0.05, 0) is 38.0 Å². The molecule has 0 bridgehead atoms. The van der Waals surface area contributed by atoms with Crippen LogP contribution in [0.4, 0.5) is 0 Å². The number of hydrogen-bond donors (Lipinski definition) is 0. The SMILES string of the molecule is CC(=O)CC1CCCN1C(=O)c1cc(Cl)cc(Br)c1. The lowest BCUT2D eigenvalue weighted by molar-refractivity contribution is -0.117. The topological polar surface area (TPSA) is 37.4 Å². The van der Waals surface area contributed by atoms with Crippen LogP contribution in [0.15, 0.2) is 22.7 Å². The number of nitrogens with zero attached hydrogens (tertiary/aromatic N) is 1. The van der Waals surface area contributed by atoms with Crippen molar-refractivity contribution < 1.29 is 9.59 Å². The van der Waals surface area contributed by atoms with E-state index in [4.69, 9.17) is 11.6 Å². The predicted molar refractivity (Wildman–Crippen MR) is 78.5 cm³/mol. The van der Waals surface area contributed by atoms with Crippen molar-refractivity contribution in [3.63, 3.8) is 0 Å². The number of halogens is 2. The van der Waals surface area contributed by atoms with Gasteiger partial charge in [-0.15, -0.1) is 0 Å². The van der Waals surface area contributed by atoms with Crippen LogP contribution < -0.4 is 0 Å². The molecule has 0 spiro atoms. The molecular weight excluding hydrogens is 330 g/mol. The average molecular weight is 345 g/mol. The number of likely N-dealkylation sites (tertiary alicyclic amines) is 1. The first-order chi connectivity index (χ1) is 8.97. The lowest BCUT2D eigenvalue weighted by Gasteiger charge is -2.24. The smallest absolute Gasteiger partial charge is 0.254 e. The van der Waals surface area contributed by atoms with Crippen LogP contribution in [0.5, 0.6) is 0 Å².